The molecule has 0 spiro atoms. The molecule has 5 nitrogen and oxygen atoms in total. The van der Waals surface area contributed by atoms with Gasteiger partial charge >= 0.3 is 0 Å². The number of rotatable bonds is 3. The van der Waals surface area contributed by atoms with E-state index in [0.717, 1.165) is 37.9 Å². The van der Waals surface area contributed by atoms with Crippen LogP contribution in [0.2, 0.25) is 0 Å². The lowest BCUT2D eigenvalue weighted by atomic mass is 10.1. The Morgan fingerprint density at radius 3 is 3.05 bits per heavy atom. The van der Waals surface area contributed by atoms with Crippen molar-refractivity contribution in [2.75, 3.05) is 13.1 Å². The molecular weight excluding hydrogens is 240 g/mol. The quantitative estimate of drug-likeness (QED) is 0.872. The van der Waals surface area contributed by atoms with Crippen LogP contribution in [0, 0.1) is 0 Å². The van der Waals surface area contributed by atoms with Gasteiger partial charge in [-0.1, -0.05) is 0 Å². The molecule has 1 aromatic heterocycles. The van der Waals surface area contributed by atoms with Gasteiger partial charge in [0, 0.05) is 38.3 Å². The molecule has 1 aromatic rings. The molecule has 0 aromatic carbocycles. The van der Waals surface area contributed by atoms with E-state index in [4.69, 9.17) is 0 Å². The van der Waals surface area contributed by atoms with Crippen LogP contribution in [0.25, 0.3) is 0 Å². The van der Waals surface area contributed by atoms with E-state index < -0.39 is 0 Å². The Morgan fingerprint density at radius 1 is 1.42 bits per heavy atom. The molecule has 2 bridgehead atoms. The van der Waals surface area contributed by atoms with Gasteiger partial charge in [0.05, 0.1) is 6.20 Å². The Hall–Kier alpha value is -1.36. The van der Waals surface area contributed by atoms with Gasteiger partial charge in [-0.25, -0.2) is 0 Å². The average Bonchev–Trinajstić information content (AvgIpc) is 2.89. The molecule has 2 saturated heterocycles. The lowest BCUT2D eigenvalue weighted by Gasteiger charge is -2.27. The highest BCUT2D eigenvalue weighted by atomic mass is 16.2. The Balaban J connectivity index is 1.60. The fraction of sp³-hybridized carbons (Fsp3) is 0.714. The molecule has 19 heavy (non-hydrogen) atoms. The van der Waals surface area contributed by atoms with E-state index in [2.05, 4.69) is 15.3 Å². The van der Waals surface area contributed by atoms with Gasteiger partial charge in [-0.2, -0.15) is 5.10 Å². The van der Waals surface area contributed by atoms with Gasteiger partial charge in [-0.05, 0) is 37.8 Å². The van der Waals surface area contributed by atoms with Gasteiger partial charge in [-0.3, -0.25) is 9.48 Å². The first-order valence-electron chi connectivity index (χ1n) is 7.23. The number of nitrogens with one attached hydrogen (secondary N) is 1. The Labute approximate surface area is 114 Å². The second-order valence-electron chi connectivity index (χ2n) is 5.70. The highest BCUT2D eigenvalue weighted by Crippen LogP contribution is 2.28. The largest absolute Gasteiger partial charge is 0.335 e. The topological polar surface area (TPSA) is 50.2 Å². The van der Waals surface area contributed by atoms with Crippen LogP contribution in [0.4, 0.5) is 0 Å². The number of fused-ring (bicyclic) bond motifs is 2. The number of aromatic nitrogens is 2. The second kappa shape index (κ2) is 5.33. The molecular formula is C14H22N4O. The normalized spacial score (nSPS) is 26.5. The van der Waals surface area contributed by atoms with E-state index in [-0.39, 0.29) is 0 Å². The molecule has 2 aliphatic rings. The van der Waals surface area contributed by atoms with Gasteiger partial charge < -0.3 is 10.2 Å². The summed E-state index contributed by atoms with van der Waals surface area (Å²) in [6.45, 7) is 2.02. The van der Waals surface area contributed by atoms with Gasteiger partial charge in [0.25, 0.3) is 0 Å². The maximum absolute atomic E-state index is 12.5. The van der Waals surface area contributed by atoms with Crippen molar-refractivity contribution in [3.63, 3.8) is 0 Å². The molecule has 0 aliphatic carbocycles. The van der Waals surface area contributed by atoms with E-state index in [1.54, 1.807) is 4.68 Å². The zero-order chi connectivity index (χ0) is 13.2. The highest BCUT2D eigenvalue weighted by molar-refractivity contribution is 5.77. The first-order chi connectivity index (χ1) is 9.24. The van der Waals surface area contributed by atoms with Gasteiger partial charge in [-0.15, -0.1) is 0 Å². The molecule has 2 fully saturated rings. The fourth-order valence-corrected chi connectivity index (χ4v) is 3.37. The summed E-state index contributed by atoms with van der Waals surface area (Å²) in [5.41, 5.74) is 1.15. The van der Waals surface area contributed by atoms with Crippen LogP contribution in [-0.4, -0.2) is 45.8 Å². The van der Waals surface area contributed by atoms with Crippen LogP contribution in [-0.2, 0) is 18.3 Å². The summed E-state index contributed by atoms with van der Waals surface area (Å²) >= 11 is 0. The number of aryl methyl sites for hydroxylation is 2. The summed E-state index contributed by atoms with van der Waals surface area (Å²) in [4.78, 5) is 14.6. The van der Waals surface area contributed by atoms with E-state index in [1.807, 2.05) is 19.4 Å². The molecule has 0 radical (unpaired) electrons. The Kier molecular flexibility index (Phi) is 3.55. The molecule has 2 aliphatic heterocycles. The van der Waals surface area contributed by atoms with Crippen molar-refractivity contribution in [2.45, 2.75) is 44.2 Å². The third-order valence-corrected chi connectivity index (χ3v) is 4.33. The predicted molar refractivity (Wildman–Crippen MR) is 72.7 cm³/mol. The summed E-state index contributed by atoms with van der Waals surface area (Å²) in [6, 6.07) is 0.898. The van der Waals surface area contributed by atoms with E-state index >= 15 is 0 Å². The standard InChI is InChI=1S/C14H22N4O/c1-17-10-11(8-16-17)2-5-14(19)18-12-3-4-13(18)9-15-7-6-12/h8,10,12-13,15H,2-7,9H2,1H3/t12-,13+/m1/s1. The molecule has 5 heteroatoms. The number of nitrogens with zero attached hydrogens (tertiary/aromatic N) is 3. The number of carbonyl (C=O) groups is 1. The molecule has 0 unspecified atom stereocenters. The number of amides is 1. The smallest absolute Gasteiger partial charge is 0.223 e. The van der Waals surface area contributed by atoms with Crippen molar-refractivity contribution in [1.82, 2.24) is 20.0 Å². The minimum absolute atomic E-state index is 0.319. The molecule has 2 atom stereocenters. The molecule has 3 rings (SSSR count). The van der Waals surface area contributed by atoms with Crippen molar-refractivity contribution in [2.24, 2.45) is 7.05 Å². The summed E-state index contributed by atoms with van der Waals surface area (Å²) in [5.74, 6) is 0.319. The second-order valence-corrected chi connectivity index (χ2v) is 5.70. The van der Waals surface area contributed by atoms with E-state index in [0.29, 0.717) is 24.4 Å². The fourth-order valence-electron chi connectivity index (χ4n) is 3.37. The highest BCUT2D eigenvalue weighted by Gasteiger charge is 2.37. The summed E-state index contributed by atoms with van der Waals surface area (Å²) in [7, 11) is 1.91. The van der Waals surface area contributed by atoms with Crippen LogP contribution in [0.5, 0.6) is 0 Å². The third-order valence-electron chi connectivity index (χ3n) is 4.33. The van der Waals surface area contributed by atoms with Crippen molar-refractivity contribution < 1.29 is 4.79 Å². The minimum Gasteiger partial charge on any atom is -0.335 e. The van der Waals surface area contributed by atoms with Crippen LogP contribution < -0.4 is 5.32 Å². The zero-order valence-corrected chi connectivity index (χ0v) is 11.5. The summed E-state index contributed by atoms with van der Waals surface area (Å²) < 4.78 is 1.79. The van der Waals surface area contributed by atoms with Crippen molar-refractivity contribution in [3.8, 4) is 0 Å². The Morgan fingerprint density at radius 2 is 2.26 bits per heavy atom. The molecule has 104 valence electrons. The average molecular weight is 262 g/mol. The SMILES string of the molecule is Cn1cc(CCC(=O)N2[C@H]3CCNC[C@@H]2CC3)cn1. The lowest BCUT2D eigenvalue weighted by molar-refractivity contribution is -0.133. The molecule has 1 N–H and O–H groups in total. The number of hydrogen-bond donors (Lipinski definition) is 1. The summed E-state index contributed by atoms with van der Waals surface area (Å²) in [6.07, 6.45) is 8.71. The summed E-state index contributed by atoms with van der Waals surface area (Å²) in [5, 5.41) is 7.58. The molecule has 0 saturated carbocycles. The lowest BCUT2D eigenvalue weighted by Crippen LogP contribution is -2.42. The van der Waals surface area contributed by atoms with Crippen LogP contribution in [0.3, 0.4) is 0 Å². The molecule has 3 heterocycles. The van der Waals surface area contributed by atoms with Crippen LogP contribution >= 0.6 is 0 Å². The maximum atomic E-state index is 12.5. The number of hydrogen-bond acceptors (Lipinski definition) is 3. The van der Waals surface area contributed by atoms with E-state index in [9.17, 15) is 4.79 Å². The van der Waals surface area contributed by atoms with Crippen LogP contribution in [0.1, 0.15) is 31.2 Å². The maximum Gasteiger partial charge on any atom is 0.223 e. The van der Waals surface area contributed by atoms with Crippen LogP contribution in [0.15, 0.2) is 12.4 Å². The van der Waals surface area contributed by atoms with E-state index in [1.165, 1.54) is 6.42 Å². The minimum atomic E-state index is 0.319. The first-order valence-corrected chi connectivity index (χ1v) is 7.23. The number of carbonyl (C=O) groups excluding carboxylic acids is 1. The predicted octanol–water partition coefficient (Wildman–Crippen LogP) is 0.706. The monoisotopic (exact) mass is 262 g/mol. The third kappa shape index (κ3) is 2.66. The van der Waals surface area contributed by atoms with Gasteiger partial charge in [0.15, 0.2) is 0 Å². The molecule has 1 amide bonds. The van der Waals surface area contributed by atoms with Crippen molar-refractivity contribution in [1.29, 1.82) is 0 Å². The first kappa shape index (κ1) is 12.7. The van der Waals surface area contributed by atoms with Crippen molar-refractivity contribution >= 4 is 5.91 Å². The zero-order valence-electron chi connectivity index (χ0n) is 11.5. The van der Waals surface area contributed by atoms with Gasteiger partial charge in [0.2, 0.25) is 5.91 Å². The Bertz CT molecular complexity index is 442. The van der Waals surface area contributed by atoms with Gasteiger partial charge in [0.1, 0.15) is 0 Å². The van der Waals surface area contributed by atoms with Crippen molar-refractivity contribution in [3.05, 3.63) is 18.0 Å².